The first-order valence-corrected chi connectivity index (χ1v) is 8.19. The van der Waals surface area contributed by atoms with Gasteiger partial charge in [-0.3, -0.25) is 15.4 Å². The first kappa shape index (κ1) is 15.9. The lowest BCUT2D eigenvalue weighted by molar-refractivity contribution is 0.176. The second kappa shape index (κ2) is 6.35. The summed E-state index contributed by atoms with van der Waals surface area (Å²) in [4.78, 5) is 4.38. The summed E-state index contributed by atoms with van der Waals surface area (Å²) in [6.45, 7) is 2.02. The number of nitrogens with one attached hydrogen (secondary N) is 1. The van der Waals surface area contributed by atoms with Crippen molar-refractivity contribution in [2.45, 2.75) is 13.0 Å². The zero-order valence-electron chi connectivity index (χ0n) is 14.2. The lowest BCUT2D eigenvalue weighted by atomic mass is 10.0. The zero-order valence-corrected chi connectivity index (χ0v) is 14.2. The number of hydrogen-bond acceptors (Lipinski definition) is 7. The number of benzene rings is 1. The van der Waals surface area contributed by atoms with E-state index in [0.717, 1.165) is 22.5 Å². The van der Waals surface area contributed by atoms with E-state index in [1.807, 2.05) is 49.4 Å². The fourth-order valence-corrected chi connectivity index (χ4v) is 2.90. The van der Waals surface area contributed by atoms with Crippen LogP contribution >= 0.6 is 0 Å². The molecule has 0 saturated heterocycles. The van der Waals surface area contributed by atoms with Crippen molar-refractivity contribution in [1.82, 2.24) is 20.5 Å². The molecule has 1 atom stereocenters. The highest BCUT2D eigenvalue weighted by Crippen LogP contribution is 2.28. The number of nitrogens with zero attached hydrogens (tertiary/aromatic N) is 5. The van der Waals surface area contributed by atoms with E-state index in [0.29, 0.717) is 11.4 Å². The van der Waals surface area contributed by atoms with Gasteiger partial charge in [-0.2, -0.15) is 10.4 Å². The molecule has 4 rings (SSSR count). The Balaban J connectivity index is 1.62. The molecule has 128 valence electrons. The molecule has 7 nitrogen and oxygen atoms in total. The van der Waals surface area contributed by atoms with Crippen molar-refractivity contribution >= 4 is 11.4 Å². The summed E-state index contributed by atoms with van der Waals surface area (Å²) in [7, 11) is 0. The van der Waals surface area contributed by atoms with Crippen LogP contribution in [0.4, 0.5) is 0 Å². The zero-order chi connectivity index (χ0) is 18.1. The smallest absolute Gasteiger partial charge is 0.194 e. The van der Waals surface area contributed by atoms with Gasteiger partial charge in [-0.15, -0.1) is 5.10 Å². The molecule has 26 heavy (non-hydrogen) atoms. The molecular weight excluding hydrogens is 326 g/mol. The van der Waals surface area contributed by atoms with Gasteiger partial charge >= 0.3 is 0 Å². The fourth-order valence-electron chi connectivity index (χ4n) is 2.90. The van der Waals surface area contributed by atoms with Crippen LogP contribution in [-0.2, 0) is 0 Å². The molecule has 0 amide bonds. The second-order valence-electron chi connectivity index (χ2n) is 6.05. The van der Waals surface area contributed by atoms with Crippen molar-refractivity contribution in [3.63, 3.8) is 0 Å². The minimum Gasteiger partial charge on any atom is -0.278 e. The molecule has 0 radical (unpaired) electrons. The molecule has 1 aromatic heterocycles. The molecule has 0 aliphatic carbocycles. The monoisotopic (exact) mass is 343 g/mol. The van der Waals surface area contributed by atoms with Crippen molar-refractivity contribution in [3.8, 4) is 6.07 Å². The predicted molar refractivity (Wildman–Crippen MR) is 98.3 cm³/mol. The molecule has 0 bridgehead atoms. The third-order valence-electron chi connectivity index (χ3n) is 4.31. The SMILES string of the molecule is CC(c1ccccn1)N1N=C2C(=CC(c3cccc(C#N)c3)=CN2N)N1. The summed E-state index contributed by atoms with van der Waals surface area (Å²) in [5, 5.41) is 16.9. The summed E-state index contributed by atoms with van der Waals surface area (Å²) >= 11 is 0. The van der Waals surface area contributed by atoms with E-state index in [4.69, 9.17) is 11.1 Å². The van der Waals surface area contributed by atoms with Gasteiger partial charge in [0.05, 0.1) is 17.3 Å². The average Bonchev–Trinajstić information content (AvgIpc) is 3.13. The molecule has 1 aromatic carbocycles. The molecule has 0 spiro atoms. The van der Waals surface area contributed by atoms with Gasteiger partial charge in [0.15, 0.2) is 5.84 Å². The average molecular weight is 343 g/mol. The Labute approximate surface area is 151 Å². The Morgan fingerprint density at radius 3 is 2.88 bits per heavy atom. The highest BCUT2D eigenvalue weighted by atomic mass is 15.8. The molecule has 7 heteroatoms. The van der Waals surface area contributed by atoms with Gasteiger partial charge in [-0.1, -0.05) is 18.2 Å². The van der Waals surface area contributed by atoms with E-state index in [2.05, 4.69) is 21.6 Å². The van der Waals surface area contributed by atoms with Crippen LogP contribution < -0.4 is 11.3 Å². The molecule has 0 fully saturated rings. The van der Waals surface area contributed by atoms with E-state index < -0.39 is 0 Å². The number of amidine groups is 1. The van der Waals surface area contributed by atoms with Crippen molar-refractivity contribution in [2.75, 3.05) is 0 Å². The number of nitrogens with two attached hydrogens (primary N) is 1. The van der Waals surface area contributed by atoms with Crippen LogP contribution in [0.3, 0.4) is 0 Å². The highest BCUT2D eigenvalue weighted by Gasteiger charge is 2.29. The minimum atomic E-state index is -0.0611. The van der Waals surface area contributed by atoms with E-state index >= 15 is 0 Å². The Morgan fingerprint density at radius 2 is 2.12 bits per heavy atom. The number of hydrogen-bond donors (Lipinski definition) is 2. The summed E-state index contributed by atoms with van der Waals surface area (Å²) in [6, 6.07) is 15.3. The molecule has 0 saturated carbocycles. The van der Waals surface area contributed by atoms with Crippen molar-refractivity contribution < 1.29 is 0 Å². The van der Waals surface area contributed by atoms with Crippen molar-refractivity contribution in [3.05, 3.63) is 83.5 Å². The standard InChI is InChI=1S/C19H17N7/c1-13(17-7-2-3-8-22-17)26-23-18-10-16(12-25(21)19(18)24-26)15-6-4-5-14(9-15)11-20/h2-10,12-13,23H,21H2,1H3. The van der Waals surface area contributed by atoms with Crippen LogP contribution in [0, 0.1) is 11.3 Å². The number of allylic oxidation sites excluding steroid dienone is 2. The number of fused-ring (bicyclic) bond motifs is 1. The third kappa shape index (κ3) is 2.79. The van der Waals surface area contributed by atoms with E-state index in [9.17, 15) is 0 Å². The molecule has 2 aliphatic rings. The van der Waals surface area contributed by atoms with Crippen LogP contribution in [0.25, 0.3) is 5.57 Å². The van der Waals surface area contributed by atoms with Gasteiger partial charge in [0.2, 0.25) is 0 Å². The molecule has 3 heterocycles. The Bertz CT molecular complexity index is 969. The minimum absolute atomic E-state index is 0.0611. The molecule has 2 aliphatic heterocycles. The maximum atomic E-state index is 9.10. The van der Waals surface area contributed by atoms with Crippen LogP contribution in [-0.4, -0.2) is 20.9 Å². The van der Waals surface area contributed by atoms with E-state index in [1.54, 1.807) is 23.6 Å². The number of hydrazone groups is 1. The molecule has 2 aromatic rings. The highest BCUT2D eigenvalue weighted by molar-refractivity contribution is 6.04. The first-order chi connectivity index (χ1) is 12.7. The van der Waals surface area contributed by atoms with Crippen LogP contribution in [0.5, 0.6) is 0 Å². The molecule has 3 N–H and O–H groups in total. The summed E-state index contributed by atoms with van der Waals surface area (Å²) in [5.41, 5.74) is 7.41. The topological polar surface area (TPSA) is 93.6 Å². The summed E-state index contributed by atoms with van der Waals surface area (Å²) < 4.78 is 0. The maximum Gasteiger partial charge on any atom is 0.194 e. The third-order valence-corrected chi connectivity index (χ3v) is 4.31. The second-order valence-corrected chi connectivity index (χ2v) is 6.05. The number of aromatic nitrogens is 1. The van der Waals surface area contributed by atoms with E-state index in [1.165, 1.54) is 5.01 Å². The summed E-state index contributed by atoms with van der Waals surface area (Å²) in [5.74, 6) is 6.79. The Morgan fingerprint density at radius 1 is 1.23 bits per heavy atom. The number of pyridine rings is 1. The number of nitriles is 1. The van der Waals surface area contributed by atoms with Gasteiger partial charge in [0.1, 0.15) is 11.7 Å². The van der Waals surface area contributed by atoms with Crippen LogP contribution in [0.1, 0.15) is 29.8 Å². The lowest BCUT2D eigenvalue weighted by Crippen LogP contribution is -2.37. The van der Waals surface area contributed by atoms with Crippen molar-refractivity contribution in [1.29, 1.82) is 5.26 Å². The van der Waals surface area contributed by atoms with Crippen molar-refractivity contribution in [2.24, 2.45) is 10.9 Å². The fraction of sp³-hybridized carbons (Fsp3) is 0.105. The molecule has 1 unspecified atom stereocenters. The lowest BCUT2D eigenvalue weighted by Gasteiger charge is -2.22. The Kier molecular flexibility index (Phi) is 3.88. The summed E-state index contributed by atoms with van der Waals surface area (Å²) in [6.07, 6.45) is 5.54. The molecular formula is C19H17N7. The first-order valence-electron chi connectivity index (χ1n) is 8.19. The number of hydrazine groups is 2. The van der Waals surface area contributed by atoms with E-state index in [-0.39, 0.29) is 6.04 Å². The van der Waals surface area contributed by atoms with Gasteiger partial charge in [0, 0.05) is 18.0 Å². The quantitative estimate of drug-likeness (QED) is 0.831. The van der Waals surface area contributed by atoms with Gasteiger partial charge in [-0.25, -0.2) is 5.84 Å². The van der Waals surface area contributed by atoms with Gasteiger partial charge in [-0.05, 0) is 42.8 Å². The maximum absolute atomic E-state index is 9.10. The Hall–Kier alpha value is -3.63. The largest absolute Gasteiger partial charge is 0.278 e. The number of rotatable bonds is 3. The van der Waals surface area contributed by atoms with Gasteiger partial charge in [0.25, 0.3) is 0 Å². The van der Waals surface area contributed by atoms with Crippen LogP contribution in [0.2, 0.25) is 0 Å². The van der Waals surface area contributed by atoms with Gasteiger partial charge < -0.3 is 0 Å². The normalized spacial score (nSPS) is 16.7. The van der Waals surface area contributed by atoms with Crippen LogP contribution in [0.15, 0.2) is 71.7 Å². The predicted octanol–water partition coefficient (Wildman–Crippen LogP) is 2.26.